The van der Waals surface area contributed by atoms with E-state index in [1.54, 1.807) is 19.1 Å². The Kier molecular flexibility index (Phi) is 10.5. The lowest BCUT2D eigenvalue weighted by atomic mass is 9.77. The molecule has 278 valence electrons. The van der Waals surface area contributed by atoms with Gasteiger partial charge >= 0.3 is 5.97 Å². The molecule has 4 heterocycles. The van der Waals surface area contributed by atoms with Crippen LogP contribution < -0.4 is 5.32 Å². The smallest absolute Gasteiger partial charge is 0.313 e. The molecule has 0 radical (unpaired) electrons. The molecule has 0 unspecified atom stereocenters. The topological polar surface area (TPSA) is 125 Å². The normalized spacial score (nSPS) is 31.0. The van der Waals surface area contributed by atoms with Gasteiger partial charge in [0.25, 0.3) is 0 Å². The molecule has 2 N–H and O–H groups in total. The summed E-state index contributed by atoms with van der Waals surface area (Å²) < 4.78 is 13.3. The molecule has 0 saturated carbocycles. The molecule has 4 aliphatic heterocycles. The van der Waals surface area contributed by atoms with Crippen LogP contribution in [0, 0.1) is 17.3 Å². The summed E-state index contributed by atoms with van der Waals surface area (Å²) in [4.78, 5) is 61.3. The Labute approximate surface area is 307 Å². The van der Waals surface area contributed by atoms with E-state index in [2.05, 4.69) is 26.1 Å². The van der Waals surface area contributed by atoms with Crippen LogP contribution in [-0.4, -0.2) is 87.1 Å². The first-order valence-electron chi connectivity index (χ1n) is 18.5. The lowest BCUT2D eigenvalue weighted by Crippen LogP contribution is -2.62. The molecule has 4 aliphatic rings. The third-order valence-corrected chi connectivity index (χ3v) is 10.9. The molecule has 8 atom stereocenters. The van der Waals surface area contributed by atoms with E-state index in [4.69, 9.17) is 9.47 Å². The second-order valence-corrected chi connectivity index (χ2v) is 16.6. The Balaban J connectivity index is 1.48. The Morgan fingerprint density at radius 2 is 1.62 bits per heavy atom. The van der Waals surface area contributed by atoms with Crippen molar-refractivity contribution >= 4 is 23.7 Å². The van der Waals surface area contributed by atoms with Gasteiger partial charge in [0.15, 0.2) is 0 Å². The molecule has 0 aliphatic carbocycles. The maximum Gasteiger partial charge on any atom is 0.313 e. The number of fused-ring (bicyclic) bond motifs is 2. The van der Waals surface area contributed by atoms with E-state index >= 15 is 9.59 Å². The molecule has 2 aromatic carbocycles. The first-order chi connectivity index (χ1) is 24.7. The summed E-state index contributed by atoms with van der Waals surface area (Å²) in [6.45, 7) is 12.2. The van der Waals surface area contributed by atoms with Gasteiger partial charge in [0.05, 0.1) is 30.7 Å². The van der Waals surface area contributed by atoms with E-state index in [-0.39, 0.29) is 30.2 Å². The fourth-order valence-corrected chi connectivity index (χ4v) is 9.11. The van der Waals surface area contributed by atoms with Gasteiger partial charge in [-0.25, -0.2) is 0 Å². The number of amides is 3. The number of nitrogens with one attached hydrogen (secondary N) is 1. The molecule has 0 bridgehead atoms. The van der Waals surface area contributed by atoms with Crippen molar-refractivity contribution in [3.63, 3.8) is 0 Å². The predicted molar refractivity (Wildman–Crippen MR) is 196 cm³/mol. The van der Waals surface area contributed by atoms with Crippen LogP contribution >= 0.6 is 0 Å². The molecule has 2 aromatic rings. The van der Waals surface area contributed by atoms with E-state index in [1.807, 2.05) is 91.6 Å². The van der Waals surface area contributed by atoms with Crippen LogP contribution in [-0.2, 0) is 35.1 Å². The maximum atomic E-state index is 15.2. The Hall–Kier alpha value is -4.28. The minimum absolute atomic E-state index is 0.104. The van der Waals surface area contributed by atoms with Crippen molar-refractivity contribution < 1.29 is 33.8 Å². The third-order valence-electron chi connectivity index (χ3n) is 10.9. The SMILES string of the molecule is C[C@@H]1NC(=O)CC/C=C\[C@@H]2O[C@@]34C=CCN(C(C)(C)CC(C)(C)C)C(=O)[C@@H]3N([C@@H](CO)Cc3ccccc3)C(=O)[C@H]4[C@@H]2C(=O)O[C@H]1c1ccccc1. The van der Waals surface area contributed by atoms with Gasteiger partial charge in [-0.05, 0) is 56.6 Å². The third kappa shape index (κ3) is 7.20. The first-order valence-corrected chi connectivity index (χ1v) is 18.5. The van der Waals surface area contributed by atoms with Crippen LogP contribution in [0.25, 0.3) is 0 Å². The van der Waals surface area contributed by atoms with Crippen LogP contribution in [0.2, 0.25) is 0 Å². The lowest BCUT2D eigenvalue weighted by molar-refractivity contribution is -0.162. The Bertz CT molecular complexity index is 1700. The van der Waals surface area contributed by atoms with Crippen molar-refractivity contribution in [3.05, 3.63) is 96.1 Å². The number of rotatable bonds is 7. The molecule has 2 saturated heterocycles. The number of ether oxygens (including phenoxy) is 2. The molecular weight excluding hydrogens is 658 g/mol. The van der Waals surface area contributed by atoms with Crippen molar-refractivity contribution in [2.45, 2.75) is 109 Å². The first kappa shape index (κ1) is 37.5. The van der Waals surface area contributed by atoms with Gasteiger partial charge in [0.2, 0.25) is 17.7 Å². The summed E-state index contributed by atoms with van der Waals surface area (Å²) in [5.41, 5.74) is -0.631. The van der Waals surface area contributed by atoms with Crippen LogP contribution in [0.5, 0.6) is 0 Å². The number of aliphatic hydroxyl groups is 1. The molecule has 1 spiro atoms. The lowest BCUT2D eigenvalue weighted by Gasteiger charge is -2.45. The standard InChI is InChI=1S/C42H53N3O7/c1-27-35(29-18-11-8-12-19-29)51-39(50)33-31(20-13-14-21-32(47)43-27)52-42-22-15-23-44(41(5,6)26-40(2,3)4)38(49)36(42)45(37(48)34(33)42)30(25-46)24-28-16-9-7-10-17-28/h7-13,15-20,22,27,30-31,33-36,46H,14,21,23-26H2,1-6H3,(H,43,47)/b20-13-/t27-,30+,31-,33+,34+,35+,36-,42+/m0/s1. The molecule has 52 heavy (non-hydrogen) atoms. The van der Waals surface area contributed by atoms with E-state index in [9.17, 15) is 14.7 Å². The largest absolute Gasteiger partial charge is 0.455 e. The van der Waals surface area contributed by atoms with Gasteiger partial charge < -0.3 is 29.7 Å². The van der Waals surface area contributed by atoms with Gasteiger partial charge in [-0.1, -0.05) is 106 Å². The molecule has 10 nitrogen and oxygen atoms in total. The van der Waals surface area contributed by atoms with Crippen molar-refractivity contribution in [3.8, 4) is 0 Å². The number of hydrogen-bond donors (Lipinski definition) is 2. The summed E-state index contributed by atoms with van der Waals surface area (Å²) in [6, 6.07) is 16.3. The van der Waals surface area contributed by atoms with Gasteiger partial charge in [-0.15, -0.1) is 0 Å². The van der Waals surface area contributed by atoms with Crippen LogP contribution in [0.4, 0.5) is 0 Å². The van der Waals surface area contributed by atoms with Gasteiger partial charge in [0.1, 0.15) is 23.7 Å². The number of benzene rings is 2. The molecule has 10 heteroatoms. The number of cyclic esters (lactones) is 1. The van der Waals surface area contributed by atoms with E-state index < -0.39 is 71.8 Å². The van der Waals surface area contributed by atoms with Crippen molar-refractivity contribution in [1.82, 2.24) is 15.1 Å². The fraction of sp³-hybridized carbons (Fsp3) is 0.524. The predicted octanol–water partition coefficient (Wildman–Crippen LogP) is 4.92. The number of aliphatic hydroxyl groups excluding tert-OH is 1. The van der Waals surface area contributed by atoms with Crippen LogP contribution in [0.15, 0.2) is 85.0 Å². The fourth-order valence-electron chi connectivity index (χ4n) is 9.11. The van der Waals surface area contributed by atoms with E-state index in [1.165, 1.54) is 4.90 Å². The monoisotopic (exact) mass is 711 g/mol. The second kappa shape index (κ2) is 14.6. The number of likely N-dealkylation sites (tertiary alicyclic amines) is 1. The number of hydrogen-bond acceptors (Lipinski definition) is 7. The maximum absolute atomic E-state index is 15.2. The van der Waals surface area contributed by atoms with Gasteiger partial charge in [-0.2, -0.15) is 0 Å². The Morgan fingerprint density at radius 1 is 0.942 bits per heavy atom. The average molecular weight is 712 g/mol. The molecular formula is C42H53N3O7. The van der Waals surface area contributed by atoms with E-state index in [0.717, 1.165) is 5.56 Å². The average Bonchev–Trinajstić information content (AvgIpc) is 3.47. The number of esters is 1. The van der Waals surface area contributed by atoms with E-state index in [0.29, 0.717) is 24.8 Å². The summed E-state index contributed by atoms with van der Waals surface area (Å²) in [5.74, 6) is -3.77. The van der Waals surface area contributed by atoms with Gasteiger partial charge in [0, 0.05) is 18.5 Å². The zero-order chi connectivity index (χ0) is 37.4. The number of nitrogens with zero attached hydrogens (tertiary/aromatic N) is 2. The molecule has 2 fully saturated rings. The van der Waals surface area contributed by atoms with Crippen molar-refractivity contribution in [1.29, 1.82) is 0 Å². The highest BCUT2D eigenvalue weighted by Gasteiger charge is 2.73. The Morgan fingerprint density at radius 3 is 2.27 bits per heavy atom. The second-order valence-electron chi connectivity index (χ2n) is 16.6. The number of allylic oxidation sites excluding steroid dienone is 1. The minimum atomic E-state index is -1.52. The minimum Gasteiger partial charge on any atom is -0.455 e. The van der Waals surface area contributed by atoms with Gasteiger partial charge in [-0.3, -0.25) is 19.2 Å². The highest BCUT2D eigenvalue weighted by molar-refractivity contribution is 5.99. The number of carbonyl (C=O) groups is 4. The summed E-state index contributed by atoms with van der Waals surface area (Å²) >= 11 is 0. The molecule has 0 aromatic heterocycles. The highest BCUT2D eigenvalue weighted by Crippen LogP contribution is 2.54. The van der Waals surface area contributed by atoms with Crippen molar-refractivity contribution in [2.24, 2.45) is 17.3 Å². The molecule has 3 amide bonds. The zero-order valence-corrected chi connectivity index (χ0v) is 31.2. The van der Waals surface area contributed by atoms with Crippen molar-refractivity contribution in [2.75, 3.05) is 13.2 Å². The summed E-state index contributed by atoms with van der Waals surface area (Å²) in [5, 5.41) is 13.9. The quantitative estimate of drug-likeness (QED) is 0.309. The highest BCUT2D eigenvalue weighted by atomic mass is 16.6. The van der Waals surface area contributed by atoms with Crippen LogP contribution in [0.3, 0.4) is 0 Å². The van der Waals surface area contributed by atoms with Crippen LogP contribution in [0.1, 0.15) is 78.0 Å². The number of carbonyl (C=O) groups excluding carboxylic acids is 4. The zero-order valence-electron chi connectivity index (χ0n) is 31.2. The molecule has 6 rings (SSSR count). The summed E-state index contributed by atoms with van der Waals surface area (Å²) in [6.07, 6.45) is 7.09. The summed E-state index contributed by atoms with van der Waals surface area (Å²) in [7, 11) is 0.